The third kappa shape index (κ3) is 5.22. The summed E-state index contributed by atoms with van der Waals surface area (Å²) >= 11 is 1.58. The van der Waals surface area contributed by atoms with E-state index in [0.717, 1.165) is 49.2 Å². The number of rotatable bonds is 8. The standard InChI is InChI=1S/C42H65N5O4S/c1-25(2)26(3)37(7)16-17-39(9)27-12-13-31-38(8)20-50-22-42(31,28(27)14-15-40(39,10)32(37)35(48)49)18-29(33(38)51-21-41(11,43)36(4,5)6)47-34(45-23-46-47)30-19-44-24-52-30/h14,19,23-27,29,31-33H,12-13,15-18,20-22,43H2,1-11H3,(H,48,49)/t26-,27+,29-,31+,32-,33+,37-,38-,39-,40+,41+,42+/m1/s1. The Kier molecular flexibility index (Phi) is 9.12. The van der Waals surface area contributed by atoms with E-state index in [9.17, 15) is 9.90 Å². The lowest BCUT2D eigenvalue weighted by atomic mass is 9.34. The highest BCUT2D eigenvalue weighted by Crippen LogP contribution is 2.75. The summed E-state index contributed by atoms with van der Waals surface area (Å²) < 4.78 is 16.1. The van der Waals surface area contributed by atoms with Crippen molar-refractivity contribution < 1.29 is 19.4 Å². The predicted octanol–water partition coefficient (Wildman–Crippen LogP) is 8.68. The Balaban J connectivity index is 1.35. The van der Waals surface area contributed by atoms with Gasteiger partial charge in [-0.05, 0) is 90.8 Å². The van der Waals surface area contributed by atoms with E-state index in [0.29, 0.717) is 37.6 Å². The number of allylic oxidation sites excluding steroid dienone is 1. The predicted molar refractivity (Wildman–Crippen MR) is 206 cm³/mol. The number of ether oxygens (including phenoxy) is 2. The molecule has 0 radical (unpaired) electrons. The largest absolute Gasteiger partial charge is 0.481 e. The molecule has 0 unspecified atom stereocenters. The van der Waals surface area contributed by atoms with Crippen molar-refractivity contribution in [1.29, 1.82) is 0 Å². The average molecular weight is 736 g/mol. The van der Waals surface area contributed by atoms with Gasteiger partial charge in [0, 0.05) is 22.6 Å². The number of aromatic nitrogens is 4. The van der Waals surface area contributed by atoms with E-state index < -0.39 is 17.4 Å². The van der Waals surface area contributed by atoms with E-state index in [2.05, 4.69) is 91.9 Å². The monoisotopic (exact) mass is 735 g/mol. The molecule has 3 saturated carbocycles. The maximum atomic E-state index is 13.6. The first-order valence-electron chi connectivity index (χ1n) is 19.9. The van der Waals surface area contributed by atoms with Crippen LogP contribution in [0.1, 0.15) is 121 Å². The molecule has 288 valence electrons. The van der Waals surface area contributed by atoms with Crippen LogP contribution in [0.15, 0.2) is 29.7 Å². The molecule has 3 heterocycles. The minimum Gasteiger partial charge on any atom is -0.481 e. The summed E-state index contributed by atoms with van der Waals surface area (Å²) in [6.07, 6.45) is 11.6. The average Bonchev–Trinajstić information content (AvgIpc) is 3.76. The highest BCUT2D eigenvalue weighted by molar-refractivity contribution is 7.13. The lowest BCUT2D eigenvalue weighted by Gasteiger charge is -2.71. The lowest BCUT2D eigenvalue weighted by Crippen LogP contribution is -2.69. The third-order valence-electron chi connectivity index (χ3n) is 16.9. The van der Waals surface area contributed by atoms with Crippen molar-refractivity contribution in [2.24, 2.45) is 67.8 Å². The molecule has 4 fully saturated rings. The van der Waals surface area contributed by atoms with Crippen LogP contribution in [-0.2, 0) is 14.3 Å². The van der Waals surface area contributed by atoms with Crippen molar-refractivity contribution in [3.8, 4) is 10.7 Å². The molecule has 2 aromatic heterocycles. The number of hydrogen-bond acceptors (Lipinski definition) is 8. The first-order chi connectivity index (χ1) is 24.2. The number of hydrogen-bond donors (Lipinski definition) is 2. The number of thiazole rings is 1. The second-order valence-corrected chi connectivity index (χ2v) is 21.3. The fraction of sp³-hybridized carbons (Fsp3) is 0.810. The van der Waals surface area contributed by atoms with Crippen molar-refractivity contribution >= 4 is 17.3 Å². The van der Waals surface area contributed by atoms with Crippen LogP contribution < -0.4 is 5.73 Å². The molecule has 0 spiro atoms. The summed E-state index contributed by atoms with van der Waals surface area (Å²) in [6, 6.07) is -0.102. The van der Waals surface area contributed by atoms with Gasteiger partial charge < -0.3 is 20.3 Å². The summed E-state index contributed by atoms with van der Waals surface area (Å²) in [6.45, 7) is 26.6. The molecule has 1 saturated heterocycles. The number of nitrogens with zero attached hydrogens (tertiary/aromatic N) is 4. The van der Waals surface area contributed by atoms with Crippen molar-refractivity contribution in [1.82, 2.24) is 19.7 Å². The fourth-order valence-corrected chi connectivity index (χ4v) is 13.2. The normalized spacial score (nSPS) is 42.0. The summed E-state index contributed by atoms with van der Waals surface area (Å²) in [5, 5.41) is 16.1. The third-order valence-corrected chi connectivity index (χ3v) is 17.7. The van der Waals surface area contributed by atoms with Crippen molar-refractivity contribution in [2.45, 2.75) is 132 Å². The van der Waals surface area contributed by atoms with Gasteiger partial charge in [-0.3, -0.25) is 9.78 Å². The summed E-state index contributed by atoms with van der Waals surface area (Å²) in [5.41, 5.74) is 8.34. The quantitative estimate of drug-likeness (QED) is 0.258. The van der Waals surface area contributed by atoms with Gasteiger partial charge in [-0.2, -0.15) is 5.10 Å². The SMILES string of the molecule is CC(C)[C@@H](C)[C@@]1(C)CC[C@]2(C)[C@H]3CC[C@@H]4[C@@]5(COC[C@@]4(C)[C@@H](OC[C@](C)(N)C(C)(C)C)[C@H](n4ncnc4-c4cncs4)C5)C3=CC[C@@]2(C)[C@@H]1C(=O)O. The summed E-state index contributed by atoms with van der Waals surface area (Å²) in [7, 11) is 0. The maximum Gasteiger partial charge on any atom is 0.307 e. The maximum absolute atomic E-state index is 13.6. The molecule has 52 heavy (non-hydrogen) atoms. The Hall–Kier alpha value is -2.14. The number of aliphatic carboxylic acids is 1. The van der Waals surface area contributed by atoms with Crippen molar-refractivity contribution in [3.63, 3.8) is 0 Å². The van der Waals surface area contributed by atoms with Crippen molar-refractivity contribution in [2.75, 3.05) is 19.8 Å². The Morgan fingerprint density at radius 3 is 2.48 bits per heavy atom. The fourth-order valence-electron chi connectivity index (χ4n) is 12.6. The van der Waals surface area contributed by atoms with E-state index in [1.165, 1.54) is 5.57 Å². The van der Waals surface area contributed by atoms with Gasteiger partial charge in [0.05, 0.1) is 48.3 Å². The molecule has 3 N–H and O–H groups in total. The van der Waals surface area contributed by atoms with Gasteiger partial charge in [0.15, 0.2) is 5.82 Å². The zero-order valence-electron chi connectivity index (χ0n) is 33.7. The van der Waals surface area contributed by atoms with Crippen LogP contribution in [0, 0.1) is 62.1 Å². The summed E-state index contributed by atoms with van der Waals surface area (Å²) in [5.74, 6) is 1.15. The Morgan fingerprint density at radius 1 is 1.12 bits per heavy atom. The topological polar surface area (TPSA) is 125 Å². The molecule has 1 aliphatic heterocycles. The van der Waals surface area contributed by atoms with Gasteiger partial charge in [0.25, 0.3) is 0 Å². The van der Waals surface area contributed by atoms with Crippen LogP contribution in [0.5, 0.6) is 0 Å². The first kappa shape index (κ1) is 38.1. The van der Waals surface area contributed by atoms with E-state index in [-0.39, 0.29) is 50.6 Å². The zero-order chi connectivity index (χ0) is 37.9. The Bertz CT molecular complexity index is 1700. The number of carboxylic acids is 1. The Labute approximate surface area is 315 Å². The molecule has 4 aliphatic carbocycles. The first-order valence-corrected chi connectivity index (χ1v) is 20.8. The smallest absolute Gasteiger partial charge is 0.307 e. The van der Waals surface area contributed by atoms with Gasteiger partial charge in [0.1, 0.15) is 6.33 Å². The number of fused-ring (bicyclic) bond motifs is 3. The van der Waals surface area contributed by atoms with E-state index in [4.69, 9.17) is 25.3 Å². The second-order valence-electron chi connectivity index (χ2n) is 20.4. The molecule has 5 aliphatic rings. The minimum absolute atomic E-state index is 0.102. The van der Waals surface area contributed by atoms with Crippen LogP contribution in [0.4, 0.5) is 0 Å². The zero-order valence-corrected chi connectivity index (χ0v) is 34.5. The lowest BCUT2D eigenvalue weighted by molar-refractivity contribution is -0.253. The second kappa shape index (κ2) is 12.4. The molecular formula is C42H65N5O4S. The number of carbonyl (C=O) groups is 1. The highest BCUT2D eigenvalue weighted by Gasteiger charge is 2.72. The molecule has 12 atom stereocenters. The van der Waals surface area contributed by atoms with E-state index >= 15 is 0 Å². The van der Waals surface area contributed by atoms with Crippen LogP contribution in [0.25, 0.3) is 10.7 Å². The van der Waals surface area contributed by atoms with E-state index in [1.54, 1.807) is 17.7 Å². The molecule has 0 aromatic carbocycles. The van der Waals surface area contributed by atoms with Gasteiger partial charge >= 0.3 is 5.97 Å². The van der Waals surface area contributed by atoms with Crippen LogP contribution in [0.2, 0.25) is 0 Å². The van der Waals surface area contributed by atoms with Crippen LogP contribution in [0.3, 0.4) is 0 Å². The molecule has 2 aromatic rings. The van der Waals surface area contributed by atoms with Crippen LogP contribution >= 0.6 is 11.3 Å². The molecule has 10 heteroatoms. The highest BCUT2D eigenvalue weighted by atomic mass is 32.1. The molecule has 9 nitrogen and oxygen atoms in total. The minimum atomic E-state index is -0.623. The Morgan fingerprint density at radius 2 is 1.85 bits per heavy atom. The van der Waals surface area contributed by atoms with Crippen LogP contribution in [-0.4, -0.2) is 62.3 Å². The van der Waals surface area contributed by atoms with Crippen molar-refractivity contribution in [3.05, 3.63) is 29.7 Å². The number of nitrogens with two attached hydrogens (primary N) is 1. The van der Waals surface area contributed by atoms with Gasteiger partial charge in [0.2, 0.25) is 0 Å². The van der Waals surface area contributed by atoms with E-state index in [1.807, 2.05) is 11.7 Å². The van der Waals surface area contributed by atoms with Gasteiger partial charge in [-0.25, -0.2) is 9.67 Å². The number of carboxylic acid groups (broad SMARTS) is 1. The molecule has 2 bridgehead atoms. The molecular weight excluding hydrogens is 671 g/mol. The summed E-state index contributed by atoms with van der Waals surface area (Å²) in [4.78, 5) is 23.7. The van der Waals surface area contributed by atoms with Gasteiger partial charge in [-0.15, -0.1) is 11.3 Å². The molecule has 7 rings (SSSR count). The molecule has 0 amide bonds. The van der Waals surface area contributed by atoms with Gasteiger partial charge in [-0.1, -0.05) is 80.9 Å².